The molecule has 0 rings (SSSR count). The molecule has 0 spiro atoms. The third kappa shape index (κ3) is 1.73. The lowest BCUT2D eigenvalue weighted by Gasteiger charge is -2.17. The average Bonchev–Trinajstić information content (AvgIpc) is 1.67. The summed E-state index contributed by atoms with van der Waals surface area (Å²) in [6.45, 7) is 3.71. The topological polar surface area (TPSA) is 49.8 Å². The third-order valence-corrected chi connectivity index (χ3v) is 1.68. The van der Waals surface area contributed by atoms with Crippen LogP contribution in [0.3, 0.4) is 0 Å². The van der Waals surface area contributed by atoms with Gasteiger partial charge in [-0.1, -0.05) is 13.8 Å². The second-order valence-electron chi connectivity index (χ2n) is 2.09. The maximum atomic E-state index is 8.31. The standard InChI is InChI=1S/C5H10N2S/c1-4(2)5(7,8)3-6/h4,8H,7H2,1-2H3. The van der Waals surface area contributed by atoms with Gasteiger partial charge in [-0.15, -0.1) is 12.6 Å². The van der Waals surface area contributed by atoms with Gasteiger partial charge in [-0.2, -0.15) is 5.26 Å². The zero-order chi connectivity index (χ0) is 6.78. The van der Waals surface area contributed by atoms with Gasteiger partial charge in [-0.25, -0.2) is 0 Å². The highest BCUT2D eigenvalue weighted by atomic mass is 32.1. The zero-order valence-corrected chi connectivity index (χ0v) is 5.94. The second kappa shape index (κ2) is 2.38. The number of hydrogen-bond acceptors (Lipinski definition) is 3. The van der Waals surface area contributed by atoms with Crippen molar-refractivity contribution in [2.45, 2.75) is 18.7 Å². The molecule has 2 nitrogen and oxygen atoms in total. The maximum Gasteiger partial charge on any atom is 0.150 e. The van der Waals surface area contributed by atoms with Crippen LogP contribution in [-0.4, -0.2) is 4.87 Å². The van der Waals surface area contributed by atoms with Crippen LogP contribution in [0, 0.1) is 17.2 Å². The van der Waals surface area contributed by atoms with E-state index < -0.39 is 4.87 Å². The molecule has 0 bridgehead atoms. The van der Waals surface area contributed by atoms with E-state index >= 15 is 0 Å². The fourth-order valence-corrected chi connectivity index (χ4v) is 0.129. The minimum atomic E-state index is -0.958. The van der Waals surface area contributed by atoms with Gasteiger partial charge >= 0.3 is 0 Å². The van der Waals surface area contributed by atoms with Crippen molar-refractivity contribution < 1.29 is 0 Å². The summed E-state index contributed by atoms with van der Waals surface area (Å²) in [6.07, 6.45) is 0. The van der Waals surface area contributed by atoms with Crippen molar-refractivity contribution in [3.05, 3.63) is 0 Å². The summed E-state index contributed by atoms with van der Waals surface area (Å²) < 4.78 is 0. The average molecular weight is 130 g/mol. The molecule has 0 aliphatic heterocycles. The molecule has 0 aromatic rings. The van der Waals surface area contributed by atoms with Gasteiger partial charge in [-0.3, -0.25) is 0 Å². The maximum absolute atomic E-state index is 8.31. The lowest BCUT2D eigenvalue weighted by atomic mass is 10.1. The van der Waals surface area contributed by atoms with Crippen molar-refractivity contribution in [1.82, 2.24) is 0 Å². The van der Waals surface area contributed by atoms with Crippen LogP contribution in [0.5, 0.6) is 0 Å². The normalized spacial score (nSPS) is 17.5. The summed E-state index contributed by atoms with van der Waals surface area (Å²) in [5.74, 6) is 0.0934. The molecule has 0 saturated carbocycles. The van der Waals surface area contributed by atoms with Crippen LogP contribution in [-0.2, 0) is 0 Å². The fraction of sp³-hybridized carbons (Fsp3) is 0.800. The van der Waals surface area contributed by atoms with Gasteiger partial charge < -0.3 is 5.73 Å². The van der Waals surface area contributed by atoms with Gasteiger partial charge in [-0.05, 0) is 5.92 Å². The molecule has 0 fully saturated rings. The van der Waals surface area contributed by atoms with Gasteiger partial charge in [0.1, 0.15) is 4.87 Å². The first kappa shape index (κ1) is 7.80. The van der Waals surface area contributed by atoms with Crippen molar-refractivity contribution in [2.24, 2.45) is 11.7 Å². The monoisotopic (exact) mass is 130 g/mol. The molecule has 1 unspecified atom stereocenters. The summed E-state index contributed by atoms with van der Waals surface area (Å²) in [6, 6.07) is 1.88. The Balaban J connectivity index is 3.97. The van der Waals surface area contributed by atoms with E-state index in [1.165, 1.54) is 0 Å². The second-order valence-corrected chi connectivity index (χ2v) is 2.83. The van der Waals surface area contributed by atoms with E-state index in [0.29, 0.717) is 0 Å². The molecule has 0 aliphatic carbocycles. The highest BCUT2D eigenvalue weighted by Crippen LogP contribution is 2.15. The zero-order valence-electron chi connectivity index (χ0n) is 5.05. The highest BCUT2D eigenvalue weighted by Gasteiger charge is 2.22. The fourth-order valence-electron chi connectivity index (χ4n) is 0.129. The highest BCUT2D eigenvalue weighted by molar-refractivity contribution is 7.82. The molecule has 46 valence electrons. The molecule has 0 aliphatic rings. The Labute approximate surface area is 55.1 Å². The summed E-state index contributed by atoms with van der Waals surface area (Å²) in [4.78, 5) is -0.958. The molecule has 8 heavy (non-hydrogen) atoms. The van der Waals surface area contributed by atoms with Crippen LogP contribution in [0.2, 0.25) is 0 Å². The van der Waals surface area contributed by atoms with Gasteiger partial charge in [0.2, 0.25) is 0 Å². The minimum absolute atomic E-state index is 0.0934. The number of thiol groups is 1. The van der Waals surface area contributed by atoms with Gasteiger partial charge in [0, 0.05) is 0 Å². The molecule has 2 N–H and O–H groups in total. The number of nitrogens with two attached hydrogens (primary N) is 1. The largest absolute Gasteiger partial charge is 0.305 e. The van der Waals surface area contributed by atoms with E-state index in [4.69, 9.17) is 11.0 Å². The number of hydrogen-bond donors (Lipinski definition) is 2. The van der Waals surface area contributed by atoms with Crippen molar-refractivity contribution in [2.75, 3.05) is 0 Å². The van der Waals surface area contributed by atoms with Crippen molar-refractivity contribution in [3.63, 3.8) is 0 Å². The molecule has 1 atom stereocenters. The smallest absolute Gasteiger partial charge is 0.150 e. The predicted octanol–water partition coefficient (Wildman–Crippen LogP) is 0.751. The van der Waals surface area contributed by atoms with Gasteiger partial charge in [0.25, 0.3) is 0 Å². The van der Waals surface area contributed by atoms with Crippen LogP contribution < -0.4 is 5.73 Å². The molecule has 0 aromatic heterocycles. The molecular formula is C5H10N2S. The Bertz CT molecular complexity index is 112. The first-order valence-electron chi connectivity index (χ1n) is 2.43. The number of nitriles is 1. The predicted molar refractivity (Wildman–Crippen MR) is 36.4 cm³/mol. The third-order valence-electron chi connectivity index (χ3n) is 1.06. The Morgan fingerprint density at radius 1 is 1.75 bits per heavy atom. The lowest BCUT2D eigenvalue weighted by molar-refractivity contribution is 0.541. The number of rotatable bonds is 1. The van der Waals surface area contributed by atoms with E-state index in [1.54, 1.807) is 0 Å². The molecule has 0 heterocycles. The van der Waals surface area contributed by atoms with Gasteiger partial charge in [0.15, 0.2) is 0 Å². The summed E-state index contributed by atoms with van der Waals surface area (Å²) >= 11 is 3.90. The van der Waals surface area contributed by atoms with E-state index in [-0.39, 0.29) is 5.92 Å². The van der Waals surface area contributed by atoms with Crippen LogP contribution in [0.1, 0.15) is 13.8 Å². The van der Waals surface area contributed by atoms with Crippen molar-refractivity contribution in [1.29, 1.82) is 5.26 Å². The molecule has 0 radical (unpaired) electrons. The molecule has 0 aromatic carbocycles. The Morgan fingerprint density at radius 3 is 2.12 bits per heavy atom. The summed E-state index contributed by atoms with van der Waals surface area (Å²) in [5, 5.41) is 8.31. The molecule has 3 heteroatoms. The van der Waals surface area contributed by atoms with Crippen LogP contribution >= 0.6 is 12.6 Å². The van der Waals surface area contributed by atoms with Crippen molar-refractivity contribution >= 4 is 12.6 Å². The van der Waals surface area contributed by atoms with Crippen LogP contribution in [0.15, 0.2) is 0 Å². The quantitative estimate of drug-likeness (QED) is 0.406. The Morgan fingerprint density at radius 2 is 2.12 bits per heavy atom. The van der Waals surface area contributed by atoms with E-state index in [9.17, 15) is 0 Å². The molecule has 0 saturated heterocycles. The number of nitrogens with zero attached hydrogens (tertiary/aromatic N) is 1. The first-order valence-corrected chi connectivity index (χ1v) is 2.88. The van der Waals surface area contributed by atoms with Crippen LogP contribution in [0.4, 0.5) is 0 Å². The van der Waals surface area contributed by atoms with Crippen molar-refractivity contribution in [3.8, 4) is 6.07 Å². The SMILES string of the molecule is CC(C)C(N)(S)C#N. The summed E-state index contributed by atoms with van der Waals surface area (Å²) in [5.41, 5.74) is 5.36. The Kier molecular flexibility index (Phi) is 2.32. The van der Waals surface area contributed by atoms with Gasteiger partial charge in [0.05, 0.1) is 6.07 Å². The summed E-state index contributed by atoms with van der Waals surface area (Å²) in [7, 11) is 0. The minimum Gasteiger partial charge on any atom is -0.305 e. The van der Waals surface area contributed by atoms with E-state index in [1.807, 2.05) is 19.9 Å². The Hall–Kier alpha value is -0.200. The van der Waals surface area contributed by atoms with E-state index in [0.717, 1.165) is 0 Å². The van der Waals surface area contributed by atoms with Crippen LogP contribution in [0.25, 0.3) is 0 Å². The molecule has 0 amide bonds. The lowest BCUT2D eigenvalue weighted by Crippen LogP contribution is -2.36. The van der Waals surface area contributed by atoms with E-state index in [2.05, 4.69) is 12.6 Å². The first-order chi connectivity index (χ1) is 3.50. The molecular weight excluding hydrogens is 120 g/mol.